The first-order chi connectivity index (χ1) is 11.6. The van der Waals surface area contributed by atoms with Crippen LogP contribution in [-0.2, 0) is 0 Å². The third kappa shape index (κ3) is 3.06. The van der Waals surface area contributed by atoms with Gasteiger partial charge in [0.2, 0.25) is 5.95 Å². The lowest BCUT2D eigenvalue weighted by Gasteiger charge is -2.08. The second kappa shape index (κ2) is 6.67. The number of nitrogens with one attached hydrogen (secondary N) is 2. The number of benzene rings is 1. The fourth-order valence-corrected chi connectivity index (χ4v) is 3.09. The topological polar surface area (TPSA) is 102 Å². The minimum atomic E-state index is -0.284. The number of aromatic amines is 1. The number of rotatable bonds is 5. The molecule has 0 aliphatic rings. The van der Waals surface area contributed by atoms with Crippen LogP contribution in [0.1, 0.15) is 15.4 Å². The van der Waals surface area contributed by atoms with Crippen LogP contribution in [0.2, 0.25) is 0 Å². The molecule has 2 aromatic heterocycles. The molecule has 0 bridgehead atoms. The lowest BCUT2D eigenvalue weighted by Crippen LogP contribution is -2.12. The average Bonchev–Trinajstić information content (AvgIpc) is 3.23. The van der Waals surface area contributed by atoms with Crippen LogP contribution in [-0.4, -0.2) is 40.3 Å². The van der Waals surface area contributed by atoms with E-state index in [2.05, 4.69) is 25.5 Å². The van der Waals surface area contributed by atoms with Crippen LogP contribution in [0.4, 0.5) is 5.95 Å². The Morgan fingerprint density at radius 1 is 1.25 bits per heavy atom. The minimum Gasteiger partial charge on any atom is -0.493 e. The second-order valence-electron chi connectivity index (χ2n) is 4.79. The number of anilines is 1. The number of thiazole rings is 1. The Kier molecular flexibility index (Phi) is 4.43. The van der Waals surface area contributed by atoms with Gasteiger partial charge < -0.3 is 9.47 Å². The van der Waals surface area contributed by atoms with Crippen LogP contribution in [0.25, 0.3) is 10.6 Å². The summed E-state index contributed by atoms with van der Waals surface area (Å²) in [5.74, 6) is 1.25. The van der Waals surface area contributed by atoms with Crippen molar-refractivity contribution >= 4 is 23.2 Å². The molecule has 2 heterocycles. The van der Waals surface area contributed by atoms with Crippen molar-refractivity contribution in [3.8, 4) is 22.1 Å². The van der Waals surface area contributed by atoms with Gasteiger partial charge in [0.25, 0.3) is 5.91 Å². The summed E-state index contributed by atoms with van der Waals surface area (Å²) in [5, 5.41) is 9.64. The number of hydrogen-bond acceptors (Lipinski definition) is 7. The quantitative estimate of drug-likeness (QED) is 0.737. The first kappa shape index (κ1) is 15.9. The van der Waals surface area contributed by atoms with E-state index in [0.717, 1.165) is 10.6 Å². The van der Waals surface area contributed by atoms with E-state index in [1.165, 1.54) is 17.7 Å². The molecule has 0 radical (unpaired) electrons. The summed E-state index contributed by atoms with van der Waals surface area (Å²) in [7, 11) is 3.15. The number of amides is 1. The SMILES string of the molecule is COc1ccc(-c2nc(C)c(C(=O)Nc3ncn[nH]3)s2)cc1OC. The normalized spacial score (nSPS) is 10.5. The van der Waals surface area contributed by atoms with Gasteiger partial charge in [-0.15, -0.1) is 11.3 Å². The predicted molar refractivity (Wildman–Crippen MR) is 89.7 cm³/mol. The molecular formula is C15H15N5O3S. The Labute approximate surface area is 141 Å². The maximum atomic E-state index is 12.3. The first-order valence-electron chi connectivity index (χ1n) is 6.99. The third-order valence-corrected chi connectivity index (χ3v) is 4.49. The number of methoxy groups -OCH3 is 2. The van der Waals surface area contributed by atoms with E-state index in [-0.39, 0.29) is 5.91 Å². The number of nitrogens with zero attached hydrogens (tertiary/aromatic N) is 3. The molecule has 8 nitrogen and oxygen atoms in total. The van der Waals surface area contributed by atoms with Gasteiger partial charge in [-0.3, -0.25) is 10.1 Å². The third-order valence-electron chi connectivity index (χ3n) is 3.28. The van der Waals surface area contributed by atoms with Gasteiger partial charge in [0.05, 0.1) is 19.9 Å². The molecule has 0 saturated carbocycles. The molecule has 0 unspecified atom stereocenters. The van der Waals surface area contributed by atoms with E-state index in [1.807, 2.05) is 12.1 Å². The van der Waals surface area contributed by atoms with Crippen molar-refractivity contribution < 1.29 is 14.3 Å². The Morgan fingerprint density at radius 3 is 2.71 bits per heavy atom. The van der Waals surface area contributed by atoms with Crippen molar-refractivity contribution in [2.75, 3.05) is 19.5 Å². The van der Waals surface area contributed by atoms with Crippen molar-refractivity contribution in [2.24, 2.45) is 0 Å². The van der Waals surface area contributed by atoms with Gasteiger partial charge in [-0.1, -0.05) is 0 Å². The molecule has 0 aliphatic carbocycles. The van der Waals surface area contributed by atoms with Crippen LogP contribution in [0.3, 0.4) is 0 Å². The molecule has 3 aromatic rings. The molecule has 3 rings (SSSR count). The second-order valence-corrected chi connectivity index (χ2v) is 5.79. The summed E-state index contributed by atoms with van der Waals surface area (Å²) in [6, 6.07) is 5.51. The van der Waals surface area contributed by atoms with Gasteiger partial charge in [0.15, 0.2) is 11.5 Å². The molecule has 0 saturated heterocycles. The van der Waals surface area contributed by atoms with Crippen LogP contribution in [0, 0.1) is 6.92 Å². The smallest absolute Gasteiger partial charge is 0.270 e. The van der Waals surface area contributed by atoms with Crippen LogP contribution < -0.4 is 14.8 Å². The highest BCUT2D eigenvalue weighted by Gasteiger charge is 2.18. The van der Waals surface area contributed by atoms with Gasteiger partial charge >= 0.3 is 0 Å². The maximum Gasteiger partial charge on any atom is 0.270 e. The Balaban J connectivity index is 1.90. The highest BCUT2D eigenvalue weighted by Crippen LogP contribution is 2.35. The van der Waals surface area contributed by atoms with Crippen molar-refractivity contribution in [3.63, 3.8) is 0 Å². The zero-order valence-electron chi connectivity index (χ0n) is 13.3. The molecule has 1 aromatic carbocycles. The molecule has 2 N–H and O–H groups in total. The zero-order chi connectivity index (χ0) is 17.1. The van der Waals surface area contributed by atoms with Crippen molar-refractivity contribution in [3.05, 3.63) is 35.1 Å². The van der Waals surface area contributed by atoms with E-state index in [1.54, 1.807) is 27.2 Å². The fourth-order valence-electron chi connectivity index (χ4n) is 2.13. The van der Waals surface area contributed by atoms with Gasteiger partial charge in [0, 0.05) is 5.56 Å². The Bertz CT molecular complexity index is 860. The van der Waals surface area contributed by atoms with Crippen molar-refractivity contribution in [1.82, 2.24) is 20.2 Å². The Hall–Kier alpha value is -2.94. The molecule has 9 heteroatoms. The van der Waals surface area contributed by atoms with Gasteiger partial charge in [-0.05, 0) is 25.1 Å². The maximum absolute atomic E-state index is 12.3. The van der Waals surface area contributed by atoms with Gasteiger partial charge in [-0.25, -0.2) is 10.1 Å². The molecule has 124 valence electrons. The fraction of sp³-hybridized carbons (Fsp3) is 0.200. The molecule has 0 fully saturated rings. The highest BCUT2D eigenvalue weighted by molar-refractivity contribution is 7.17. The van der Waals surface area contributed by atoms with Crippen LogP contribution in [0.15, 0.2) is 24.5 Å². The molecule has 0 spiro atoms. The summed E-state index contributed by atoms with van der Waals surface area (Å²) in [5.41, 5.74) is 1.49. The minimum absolute atomic E-state index is 0.284. The highest BCUT2D eigenvalue weighted by atomic mass is 32.1. The number of H-pyrrole nitrogens is 1. The monoisotopic (exact) mass is 345 g/mol. The van der Waals surface area contributed by atoms with Crippen molar-refractivity contribution in [2.45, 2.75) is 6.92 Å². The number of aryl methyl sites for hydroxylation is 1. The van der Waals surface area contributed by atoms with Crippen LogP contribution >= 0.6 is 11.3 Å². The van der Waals surface area contributed by atoms with Gasteiger partial charge in [-0.2, -0.15) is 10.1 Å². The average molecular weight is 345 g/mol. The number of hydrogen-bond donors (Lipinski definition) is 2. The summed E-state index contributed by atoms with van der Waals surface area (Å²) in [6.45, 7) is 1.79. The standard InChI is InChI=1S/C15H15N5O3S/c1-8-12(13(21)19-15-16-7-17-20-15)24-14(18-8)9-4-5-10(22-2)11(6-9)23-3/h4-7H,1-3H3,(H2,16,17,19,20,21). The van der Waals surface area contributed by atoms with E-state index in [9.17, 15) is 4.79 Å². The first-order valence-corrected chi connectivity index (χ1v) is 7.80. The summed E-state index contributed by atoms with van der Waals surface area (Å²) < 4.78 is 10.5. The van der Waals surface area contributed by atoms with Crippen molar-refractivity contribution in [1.29, 1.82) is 0 Å². The predicted octanol–water partition coefficient (Wildman–Crippen LogP) is 2.51. The molecule has 1 amide bonds. The summed E-state index contributed by atoms with van der Waals surface area (Å²) >= 11 is 1.29. The Morgan fingerprint density at radius 2 is 2.04 bits per heavy atom. The summed E-state index contributed by atoms with van der Waals surface area (Å²) in [4.78, 5) is 21.2. The largest absolute Gasteiger partial charge is 0.493 e. The number of ether oxygens (including phenoxy) is 2. The number of aromatic nitrogens is 4. The number of carbonyl (C=O) groups excluding carboxylic acids is 1. The summed E-state index contributed by atoms with van der Waals surface area (Å²) in [6.07, 6.45) is 1.32. The lowest BCUT2D eigenvalue weighted by molar-refractivity contribution is 0.102. The molecular weight excluding hydrogens is 330 g/mol. The lowest BCUT2D eigenvalue weighted by atomic mass is 10.2. The van der Waals surface area contributed by atoms with Gasteiger partial charge in [0.1, 0.15) is 16.2 Å². The van der Waals surface area contributed by atoms with E-state index >= 15 is 0 Å². The van der Waals surface area contributed by atoms with Crippen LogP contribution in [0.5, 0.6) is 11.5 Å². The number of carbonyl (C=O) groups is 1. The van der Waals surface area contributed by atoms with E-state index in [0.29, 0.717) is 28.0 Å². The zero-order valence-corrected chi connectivity index (χ0v) is 14.1. The van der Waals surface area contributed by atoms with E-state index < -0.39 is 0 Å². The molecule has 0 aliphatic heterocycles. The molecule has 0 atom stereocenters. The van der Waals surface area contributed by atoms with E-state index in [4.69, 9.17) is 9.47 Å². The molecule has 24 heavy (non-hydrogen) atoms.